The number of ether oxygens (including phenoxy) is 1. The fraction of sp³-hybridized carbons (Fsp3) is 0.308. The molecule has 2 rings (SSSR count). The molecule has 4 heteroatoms. The summed E-state index contributed by atoms with van der Waals surface area (Å²) in [5.74, 6) is 1.27. The normalized spacial score (nSPS) is 10.5. The molecule has 0 unspecified atom stereocenters. The van der Waals surface area contributed by atoms with Crippen LogP contribution in [0.25, 0.3) is 0 Å². The van der Waals surface area contributed by atoms with E-state index in [2.05, 4.69) is 4.98 Å². The average molecular weight is 234 g/mol. The smallest absolute Gasteiger partial charge is 0.126 e. The Labute approximate surface area is 99.9 Å². The maximum absolute atomic E-state index is 13.0. The summed E-state index contributed by atoms with van der Waals surface area (Å²) in [6, 6.07) is 4.56. The van der Waals surface area contributed by atoms with E-state index in [1.54, 1.807) is 12.3 Å². The molecule has 0 bridgehead atoms. The first-order valence-corrected chi connectivity index (χ1v) is 5.53. The van der Waals surface area contributed by atoms with Crippen LogP contribution < -0.4 is 4.74 Å². The summed E-state index contributed by atoms with van der Waals surface area (Å²) in [6.45, 7) is 5.05. The van der Waals surface area contributed by atoms with Crippen LogP contribution in [0.2, 0.25) is 0 Å². The minimum atomic E-state index is -0.274. The van der Waals surface area contributed by atoms with Crippen LogP contribution >= 0.6 is 0 Å². The molecule has 17 heavy (non-hydrogen) atoms. The Morgan fingerprint density at radius 1 is 1.35 bits per heavy atom. The molecule has 2 aromatic rings. The first-order valence-electron chi connectivity index (χ1n) is 5.53. The molecule has 1 aromatic heterocycles. The molecule has 1 aromatic carbocycles. The fourth-order valence-corrected chi connectivity index (χ4v) is 1.62. The van der Waals surface area contributed by atoms with Crippen LogP contribution in [-0.2, 0) is 6.54 Å². The standard InChI is InChI=1S/C13H15FN2O/c1-10-3-4-12(14)9-13(10)17-8-7-16-6-5-15-11(16)2/h3-6,9H,7-8H2,1-2H3. The predicted octanol–water partition coefficient (Wildman–Crippen LogP) is 2.72. The number of hydrogen-bond acceptors (Lipinski definition) is 2. The highest BCUT2D eigenvalue weighted by Crippen LogP contribution is 2.18. The van der Waals surface area contributed by atoms with Crippen LogP contribution in [0.4, 0.5) is 4.39 Å². The van der Waals surface area contributed by atoms with Gasteiger partial charge in [0, 0.05) is 18.5 Å². The van der Waals surface area contributed by atoms with Crippen molar-refractivity contribution in [2.45, 2.75) is 20.4 Å². The van der Waals surface area contributed by atoms with Gasteiger partial charge >= 0.3 is 0 Å². The van der Waals surface area contributed by atoms with E-state index >= 15 is 0 Å². The number of rotatable bonds is 4. The van der Waals surface area contributed by atoms with E-state index in [1.165, 1.54) is 12.1 Å². The zero-order chi connectivity index (χ0) is 12.3. The third kappa shape index (κ3) is 2.84. The van der Waals surface area contributed by atoms with Crippen LogP contribution in [0.15, 0.2) is 30.6 Å². The molecule has 0 aliphatic rings. The van der Waals surface area contributed by atoms with Crippen molar-refractivity contribution >= 4 is 0 Å². The molecular formula is C13H15FN2O. The van der Waals surface area contributed by atoms with E-state index in [4.69, 9.17) is 4.74 Å². The van der Waals surface area contributed by atoms with Gasteiger partial charge in [-0.1, -0.05) is 6.07 Å². The zero-order valence-electron chi connectivity index (χ0n) is 9.98. The molecule has 0 saturated heterocycles. The maximum atomic E-state index is 13.0. The number of nitrogens with zero attached hydrogens (tertiary/aromatic N) is 2. The van der Waals surface area contributed by atoms with Crippen molar-refractivity contribution in [3.05, 3.63) is 47.8 Å². The largest absolute Gasteiger partial charge is 0.491 e. The number of halogens is 1. The fourth-order valence-electron chi connectivity index (χ4n) is 1.62. The maximum Gasteiger partial charge on any atom is 0.126 e. The van der Waals surface area contributed by atoms with Crippen LogP contribution in [0, 0.1) is 19.7 Å². The van der Waals surface area contributed by atoms with E-state index in [9.17, 15) is 4.39 Å². The second-order valence-electron chi connectivity index (χ2n) is 3.93. The van der Waals surface area contributed by atoms with Gasteiger partial charge in [-0.05, 0) is 25.5 Å². The molecule has 0 amide bonds. The molecule has 0 saturated carbocycles. The summed E-state index contributed by atoms with van der Waals surface area (Å²) in [7, 11) is 0. The van der Waals surface area contributed by atoms with E-state index in [1.807, 2.05) is 24.6 Å². The summed E-state index contributed by atoms with van der Waals surface area (Å²) in [4.78, 5) is 4.12. The lowest BCUT2D eigenvalue weighted by molar-refractivity contribution is 0.294. The van der Waals surface area contributed by atoms with Gasteiger partial charge in [-0.2, -0.15) is 0 Å². The molecule has 0 atom stereocenters. The Morgan fingerprint density at radius 3 is 2.88 bits per heavy atom. The molecule has 0 N–H and O–H groups in total. The highest BCUT2D eigenvalue weighted by molar-refractivity contribution is 5.32. The van der Waals surface area contributed by atoms with Gasteiger partial charge in [-0.15, -0.1) is 0 Å². The van der Waals surface area contributed by atoms with E-state index in [0.29, 0.717) is 18.9 Å². The summed E-state index contributed by atoms with van der Waals surface area (Å²) in [5.41, 5.74) is 0.939. The predicted molar refractivity (Wildman–Crippen MR) is 63.6 cm³/mol. The van der Waals surface area contributed by atoms with Crippen molar-refractivity contribution in [3.63, 3.8) is 0 Å². The van der Waals surface area contributed by atoms with E-state index < -0.39 is 0 Å². The molecule has 90 valence electrons. The van der Waals surface area contributed by atoms with Crippen molar-refractivity contribution in [2.75, 3.05) is 6.61 Å². The van der Waals surface area contributed by atoms with Crippen molar-refractivity contribution in [1.82, 2.24) is 9.55 Å². The Kier molecular flexibility index (Phi) is 3.42. The van der Waals surface area contributed by atoms with Crippen molar-refractivity contribution in [3.8, 4) is 5.75 Å². The second kappa shape index (κ2) is 4.99. The average Bonchev–Trinajstić information content (AvgIpc) is 2.70. The van der Waals surface area contributed by atoms with Gasteiger partial charge in [0.25, 0.3) is 0 Å². The van der Waals surface area contributed by atoms with E-state index in [0.717, 1.165) is 11.4 Å². The summed E-state index contributed by atoms with van der Waals surface area (Å²) in [6.07, 6.45) is 3.65. The van der Waals surface area contributed by atoms with Gasteiger partial charge < -0.3 is 9.30 Å². The molecule has 0 aliphatic heterocycles. The van der Waals surface area contributed by atoms with Gasteiger partial charge in [0.2, 0.25) is 0 Å². The lowest BCUT2D eigenvalue weighted by Gasteiger charge is -2.10. The quantitative estimate of drug-likeness (QED) is 0.813. The summed E-state index contributed by atoms with van der Waals surface area (Å²) >= 11 is 0. The van der Waals surface area contributed by atoms with Gasteiger partial charge in [-0.25, -0.2) is 9.37 Å². The molecule has 0 aliphatic carbocycles. The first-order chi connectivity index (χ1) is 8.16. The van der Waals surface area contributed by atoms with Crippen LogP contribution in [-0.4, -0.2) is 16.2 Å². The Hall–Kier alpha value is -1.84. The molecule has 0 spiro atoms. The third-order valence-electron chi connectivity index (χ3n) is 2.66. The summed E-state index contributed by atoms with van der Waals surface area (Å²) in [5, 5.41) is 0. The van der Waals surface area contributed by atoms with Gasteiger partial charge in [0.1, 0.15) is 24.0 Å². The minimum absolute atomic E-state index is 0.274. The molecule has 3 nitrogen and oxygen atoms in total. The van der Waals surface area contributed by atoms with Crippen molar-refractivity contribution < 1.29 is 9.13 Å². The van der Waals surface area contributed by atoms with Crippen LogP contribution in [0.3, 0.4) is 0 Å². The Balaban J connectivity index is 1.94. The highest BCUT2D eigenvalue weighted by Gasteiger charge is 2.02. The highest BCUT2D eigenvalue weighted by atomic mass is 19.1. The lowest BCUT2D eigenvalue weighted by atomic mass is 10.2. The van der Waals surface area contributed by atoms with Crippen molar-refractivity contribution in [2.24, 2.45) is 0 Å². The number of aryl methyl sites for hydroxylation is 2. The number of hydrogen-bond donors (Lipinski definition) is 0. The molecule has 0 fully saturated rings. The van der Waals surface area contributed by atoms with Gasteiger partial charge in [0.05, 0.1) is 6.54 Å². The number of imidazole rings is 1. The van der Waals surface area contributed by atoms with Crippen LogP contribution in [0.5, 0.6) is 5.75 Å². The molecule has 1 heterocycles. The minimum Gasteiger partial charge on any atom is -0.491 e. The monoisotopic (exact) mass is 234 g/mol. The lowest BCUT2D eigenvalue weighted by Crippen LogP contribution is -2.09. The first kappa shape index (κ1) is 11.6. The van der Waals surface area contributed by atoms with E-state index in [-0.39, 0.29) is 5.82 Å². The Morgan fingerprint density at radius 2 is 2.18 bits per heavy atom. The van der Waals surface area contributed by atoms with Gasteiger partial charge in [-0.3, -0.25) is 0 Å². The number of aromatic nitrogens is 2. The molecule has 0 radical (unpaired) electrons. The molecular weight excluding hydrogens is 219 g/mol. The summed E-state index contributed by atoms with van der Waals surface area (Å²) < 4.78 is 20.6. The topological polar surface area (TPSA) is 27.1 Å². The van der Waals surface area contributed by atoms with Crippen molar-refractivity contribution in [1.29, 1.82) is 0 Å². The SMILES string of the molecule is Cc1ccc(F)cc1OCCn1ccnc1C. The second-order valence-corrected chi connectivity index (χ2v) is 3.93. The third-order valence-corrected chi connectivity index (χ3v) is 2.66. The number of benzene rings is 1. The van der Waals surface area contributed by atoms with Gasteiger partial charge in [0.15, 0.2) is 0 Å². The van der Waals surface area contributed by atoms with Crippen LogP contribution in [0.1, 0.15) is 11.4 Å². The zero-order valence-corrected chi connectivity index (χ0v) is 9.98. The Bertz CT molecular complexity index is 508.